The molecule has 1 aromatic rings. The van der Waals surface area contributed by atoms with E-state index in [2.05, 4.69) is 31.9 Å². The molecule has 0 heterocycles. The van der Waals surface area contributed by atoms with Gasteiger partial charge in [0.15, 0.2) is 5.78 Å². The number of hydrogen-bond acceptors (Lipinski definition) is 2. The Morgan fingerprint density at radius 1 is 1.38 bits per heavy atom. The number of benzene rings is 1. The number of carbonyl (C=O) groups excluding carboxylic acids is 1. The summed E-state index contributed by atoms with van der Waals surface area (Å²) in [6.45, 7) is 0. The largest absolute Gasteiger partial charge is 0.507 e. The second kappa shape index (κ2) is 4.75. The van der Waals surface area contributed by atoms with Gasteiger partial charge in [-0.25, -0.2) is 0 Å². The van der Waals surface area contributed by atoms with Gasteiger partial charge in [0.1, 0.15) is 5.75 Å². The first-order valence-corrected chi connectivity index (χ1v) is 5.88. The Hall–Kier alpha value is -0.560. The predicted octanol–water partition coefficient (Wildman–Crippen LogP) is 3.75. The first kappa shape index (κ1) is 13.5. The number of carbonyl (C=O) groups is 1. The van der Waals surface area contributed by atoms with Crippen molar-refractivity contribution in [2.24, 2.45) is 0 Å². The third-order valence-corrected chi connectivity index (χ3v) is 3.14. The van der Waals surface area contributed by atoms with Crippen molar-refractivity contribution in [3.63, 3.8) is 0 Å². The standard InChI is InChI=1S/C9H5Br2F3O2/c10-3-6(16)4-1-2-5(15)8(11)7(4)9(12,13)14/h1-2,15H,3H2. The van der Waals surface area contributed by atoms with E-state index in [-0.39, 0.29) is 5.33 Å². The number of alkyl halides is 4. The van der Waals surface area contributed by atoms with Crippen molar-refractivity contribution in [2.75, 3.05) is 5.33 Å². The molecule has 0 aliphatic rings. The van der Waals surface area contributed by atoms with Crippen molar-refractivity contribution in [1.29, 1.82) is 0 Å². The van der Waals surface area contributed by atoms with E-state index in [1.165, 1.54) is 0 Å². The number of Topliss-reactive ketones (excluding diaryl/α,β-unsaturated/α-hetero) is 1. The van der Waals surface area contributed by atoms with E-state index in [1.54, 1.807) is 0 Å². The van der Waals surface area contributed by atoms with E-state index in [0.29, 0.717) is 0 Å². The fraction of sp³-hybridized carbons (Fsp3) is 0.222. The quantitative estimate of drug-likeness (QED) is 0.643. The minimum atomic E-state index is -4.70. The number of hydrogen-bond donors (Lipinski definition) is 1. The van der Waals surface area contributed by atoms with Crippen molar-refractivity contribution in [2.45, 2.75) is 6.18 Å². The average molecular weight is 362 g/mol. The van der Waals surface area contributed by atoms with Gasteiger partial charge in [-0.1, -0.05) is 15.9 Å². The van der Waals surface area contributed by atoms with Gasteiger partial charge in [-0.05, 0) is 28.1 Å². The Kier molecular flexibility index (Phi) is 4.01. The monoisotopic (exact) mass is 360 g/mol. The Balaban J connectivity index is 3.52. The highest BCUT2D eigenvalue weighted by Crippen LogP contribution is 2.41. The summed E-state index contributed by atoms with van der Waals surface area (Å²) in [6, 6.07) is 1.99. The maximum atomic E-state index is 12.7. The Morgan fingerprint density at radius 2 is 1.94 bits per heavy atom. The zero-order valence-electron chi connectivity index (χ0n) is 7.61. The molecule has 1 N–H and O–H groups in total. The van der Waals surface area contributed by atoms with Gasteiger partial charge in [-0.2, -0.15) is 13.2 Å². The molecule has 2 nitrogen and oxygen atoms in total. The lowest BCUT2D eigenvalue weighted by molar-refractivity contribution is -0.138. The Labute approximate surface area is 106 Å². The molecule has 0 aromatic heterocycles. The van der Waals surface area contributed by atoms with E-state index >= 15 is 0 Å². The lowest BCUT2D eigenvalue weighted by atomic mass is 10.0. The molecule has 0 fully saturated rings. The van der Waals surface area contributed by atoms with Crippen molar-refractivity contribution in [3.05, 3.63) is 27.7 Å². The van der Waals surface area contributed by atoms with Crippen LogP contribution < -0.4 is 0 Å². The number of rotatable bonds is 2. The molecule has 1 rings (SSSR count). The van der Waals surface area contributed by atoms with Crippen LogP contribution in [0.3, 0.4) is 0 Å². The van der Waals surface area contributed by atoms with E-state index in [4.69, 9.17) is 0 Å². The molecule has 0 aliphatic heterocycles. The lowest BCUT2D eigenvalue weighted by Gasteiger charge is -2.14. The normalized spacial score (nSPS) is 11.6. The molecule has 0 saturated heterocycles. The van der Waals surface area contributed by atoms with E-state index in [1.807, 2.05) is 0 Å². The van der Waals surface area contributed by atoms with Crippen LogP contribution in [0.1, 0.15) is 15.9 Å². The summed E-state index contributed by atoms with van der Waals surface area (Å²) in [4.78, 5) is 11.3. The number of phenolic OH excluding ortho intramolecular Hbond substituents is 1. The third kappa shape index (κ3) is 2.57. The van der Waals surface area contributed by atoms with Crippen molar-refractivity contribution in [3.8, 4) is 5.75 Å². The van der Waals surface area contributed by atoms with Crippen LogP contribution in [0.15, 0.2) is 16.6 Å². The van der Waals surface area contributed by atoms with Crippen LogP contribution in [0.2, 0.25) is 0 Å². The third-order valence-electron chi connectivity index (χ3n) is 1.83. The zero-order chi connectivity index (χ0) is 12.5. The highest BCUT2D eigenvalue weighted by atomic mass is 79.9. The molecule has 0 spiro atoms. The molecule has 0 unspecified atom stereocenters. The van der Waals surface area contributed by atoms with Crippen LogP contribution in [0, 0.1) is 0 Å². The maximum Gasteiger partial charge on any atom is 0.418 e. The van der Waals surface area contributed by atoms with Crippen molar-refractivity contribution in [1.82, 2.24) is 0 Å². The van der Waals surface area contributed by atoms with Gasteiger partial charge in [-0.3, -0.25) is 4.79 Å². The van der Waals surface area contributed by atoms with Gasteiger partial charge in [0.25, 0.3) is 0 Å². The van der Waals surface area contributed by atoms with Gasteiger partial charge >= 0.3 is 6.18 Å². The molecule has 0 amide bonds. The minimum absolute atomic E-state index is 0.215. The summed E-state index contributed by atoms with van der Waals surface area (Å²) < 4.78 is 37.5. The first-order chi connectivity index (χ1) is 7.29. The summed E-state index contributed by atoms with van der Waals surface area (Å²) in [5.74, 6) is -1.26. The van der Waals surface area contributed by atoms with Gasteiger partial charge in [0.05, 0.1) is 15.4 Å². The first-order valence-electron chi connectivity index (χ1n) is 3.97. The SMILES string of the molecule is O=C(CBr)c1ccc(O)c(Br)c1C(F)(F)F. The number of halogens is 5. The molecular formula is C9H5Br2F3O2. The molecule has 1 aromatic carbocycles. The van der Waals surface area contributed by atoms with Crippen LogP contribution in [0.4, 0.5) is 13.2 Å². The summed E-state index contributed by atoms with van der Waals surface area (Å²) >= 11 is 5.43. The number of ketones is 1. The summed E-state index contributed by atoms with van der Waals surface area (Å²) in [5.41, 5.74) is -1.63. The van der Waals surface area contributed by atoms with Gasteiger partial charge < -0.3 is 5.11 Å². The number of phenols is 1. The summed E-state index contributed by atoms with van der Waals surface area (Å²) in [7, 11) is 0. The molecule has 0 radical (unpaired) electrons. The predicted molar refractivity (Wildman–Crippen MR) is 58.9 cm³/mol. The van der Waals surface area contributed by atoms with Crippen molar-refractivity contribution >= 4 is 37.6 Å². The molecule has 16 heavy (non-hydrogen) atoms. The van der Waals surface area contributed by atoms with Crippen molar-refractivity contribution < 1.29 is 23.1 Å². The maximum absolute atomic E-state index is 12.7. The van der Waals surface area contributed by atoms with Crippen LogP contribution in [-0.4, -0.2) is 16.2 Å². The highest BCUT2D eigenvalue weighted by molar-refractivity contribution is 9.10. The number of aromatic hydroxyl groups is 1. The smallest absolute Gasteiger partial charge is 0.418 e. The summed E-state index contributed by atoms with van der Waals surface area (Å²) in [6.07, 6.45) is -4.70. The second-order valence-corrected chi connectivity index (χ2v) is 4.23. The molecule has 0 bridgehead atoms. The lowest BCUT2D eigenvalue weighted by Crippen LogP contribution is -2.14. The minimum Gasteiger partial charge on any atom is -0.507 e. The van der Waals surface area contributed by atoms with Crippen LogP contribution >= 0.6 is 31.9 Å². The van der Waals surface area contributed by atoms with E-state index in [9.17, 15) is 23.1 Å². The van der Waals surface area contributed by atoms with Gasteiger partial charge in [0, 0.05) is 5.56 Å². The fourth-order valence-corrected chi connectivity index (χ4v) is 2.02. The molecule has 7 heteroatoms. The molecule has 0 aliphatic carbocycles. The van der Waals surface area contributed by atoms with E-state index in [0.717, 1.165) is 12.1 Å². The zero-order valence-corrected chi connectivity index (χ0v) is 10.8. The fourth-order valence-electron chi connectivity index (χ4n) is 1.15. The molecular weight excluding hydrogens is 357 g/mol. The Bertz CT molecular complexity index is 429. The van der Waals surface area contributed by atoms with E-state index < -0.39 is 33.3 Å². The highest BCUT2D eigenvalue weighted by Gasteiger charge is 2.38. The van der Waals surface area contributed by atoms with Crippen LogP contribution in [0.25, 0.3) is 0 Å². The average Bonchev–Trinajstić information content (AvgIpc) is 2.18. The molecule has 88 valence electrons. The second-order valence-electron chi connectivity index (χ2n) is 2.88. The topological polar surface area (TPSA) is 37.3 Å². The van der Waals surface area contributed by atoms with Gasteiger partial charge in [-0.15, -0.1) is 0 Å². The van der Waals surface area contributed by atoms with Crippen LogP contribution in [-0.2, 0) is 6.18 Å². The Morgan fingerprint density at radius 3 is 2.38 bits per heavy atom. The van der Waals surface area contributed by atoms with Gasteiger partial charge in [0.2, 0.25) is 0 Å². The molecule has 0 saturated carbocycles. The molecule has 0 atom stereocenters. The summed E-state index contributed by atoms with van der Waals surface area (Å²) in [5, 5.41) is 8.96. The van der Waals surface area contributed by atoms with Crippen LogP contribution in [0.5, 0.6) is 5.75 Å².